The van der Waals surface area contributed by atoms with E-state index in [4.69, 9.17) is 21.1 Å². The van der Waals surface area contributed by atoms with Gasteiger partial charge in [0, 0.05) is 19.7 Å². The van der Waals surface area contributed by atoms with Gasteiger partial charge < -0.3 is 24.4 Å². The van der Waals surface area contributed by atoms with Crippen molar-refractivity contribution in [3.63, 3.8) is 0 Å². The van der Waals surface area contributed by atoms with Gasteiger partial charge in [-0.3, -0.25) is 14.4 Å². The molecule has 35 heavy (non-hydrogen) atoms. The molecule has 190 valence electrons. The third kappa shape index (κ3) is 4.05. The second-order valence-corrected chi connectivity index (χ2v) is 10.0. The minimum Gasteiger partial charge on any atom is -0.466 e. The molecule has 3 fully saturated rings. The molecular weight excluding hydrogens is 472 g/mol. The van der Waals surface area contributed by atoms with E-state index in [-0.39, 0.29) is 38.1 Å². The second kappa shape index (κ2) is 9.91. The minimum atomic E-state index is -1.14. The van der Waals surface area contributed by atoms with Crippen molar-refractivity contribution in [2.24, 2.45) is 11.8 Å². The summed E-state index contributed by atoms with van der Waals surface area (Å²) in [6.45, 7) is 8.01. The lowest BCUT2D eigenvalue weighted by Gasteiger charge is -2.37. The topological polar surface area (TPSA) is 96.4 Å². The molecule has 0 aliphatic carbocycles. The van der Waals surface area contributed by atoms with Gasteiger partial charge in [-0.15, -0.1) is 6.58 Å². The zero-order chi connectivity index (χ0) is 25.4. The lowest BCUT2D eigenvalue weighted by molar-refractivity contribution is -0.159. The highest BCUT2D eigenvalue weighted by Gasteiger charge is 2.78. The summed E-state index contributed by atoms with van der Waals surface area (Å²) in [5, 5.41) is 9.70. The fourth-order valence-corrected chi connectivity index (χ4v) is 6.42. The lowest BCUT2D eigenvalue weighted by atomic mass is 9.66. The smallest absolute Gasteiger partial charge is 0.312 e. The third-order valence-corrected chi connectivity index (χ3v) is 7.90. The van der Waals surface area contributed by atoms with Gasteiger partial charge in [0.15, 0.2) is 0 Å². The highest BCUT2D eigenvalue weighted by molar-refractivity contribution is 6.34. The molecule has 3 heterocycles. The van der Waals surface area contributed by atoms with Crippen molar-refractivity contribution in [3.8, 4) is 0 Å². The van der Waals surface area contributed by atoms with Crippen LogP contribution in [0.15, 0.2) is 36.9 Å². The number of para-hydroxylation sites is 1. The van der Waals surface area contributed by atoms with Crippen LogP contribution in [0.4, 0.5) is 5.69 Å². The highest BCUT2D eigenvalue weighted by atomic mass is 35.5. The van der Waals surface area contributed by atoms with Gasteiger partial charge in [0.1, 0.15) is 17.6 Å². The largest absolute Gasteiger partial charge is 0.466 e. The molecule has 2 amide bonds. The first-order chi connectivity index (χ1) is 16.8. The highest BCUT2D eigenvalue weighted by Crippen LogP contribution is 2.63. The normalized spacial score (nSPS) is 30.9. The Kier molecular flexibility index (Phi) is 7.27. The Balaban J connectivity index is 1.79. The Hall–Kier alpha value is -2.42. The monoisotopic (exact) mass is 504 g/mol. The number of aliphatic hydroxyl groups is 1. The number of esters is 1. The number of nitrogens with zero attached hydrogens (tertiary/aromatic N) is 2. The molecule has 1 aromatic carbocycles. The molecule has 9 heteroatoms. The van der Waals surface area contributed by atoms with Crippen LogP contribution in [0.5, 0.6) is 0 Å². The average molecular weight is 505 g/mol. The number of ether oxygens (including phenoxy) is 2. The molecular formula is C26H33ClN2O6. The van der Waals surface area contributed by atoms with Crippen LogP contribution < -0.4 is 4.90 Å². The third-order valence-electron chi connectivity index (χ3n) is 7.58. The molecule has 3 saturated heterocycles. The van der Waals surface area contributed by atoms with Crippen LogP contribution in [-0.2, 0) is 23.9 Å². The van der Waals surface area contributed by atoms with Gasteiger partial charge in [0.25, 0.3) is 5.91 Å². The molecule has 2 unspecified atom stereocenters. The van der Waals surface area contributed by atoms with E-state index in [1.807, 2.05) is 6.92 Å². The summed E-state index contributed by atoms with van der Waals surface area (Å²) in [4.78, 5) is 44.3. The maximum atomic E-state index is 14.3. The van der Waals surface area contributed by atoms with Gasteiger partial charge in [-0.05, 0) is 51.7 Å². The van der Waals surface area contributed by atoms with Gasteiger partial charge in [0.05, 0.1) is 28.8 Å². The molecule has 5 atom stereocenters. The van der Waals surface area contributed by atoms with Crippen LogP contribution in [-0.4, -0.2) is 71.3 Å². The maximum Gasteiger partial charge on any atom is 0.312 e. The average Bonchev–Trinajstić information content (AvgIpc) is 3.39. The minimum absolute atomic E-state index is 0.0164. The Bertz CT molecular complexity index is 1020. The summed E-state index contributed by atoms with van der Waals surface area (Å²) in [7, 11) is 0. The van der Waals surface area contributed by atoms with E-state index in [9.17, 15) is 19.5 Å². The summed E-state index contributed by atoms with van der Waals surface area (Å²) < 4.78 is 11.9. The molecule has 3 aliphatic heterocycles. The number of likely N-dealkylation sites (tertiary alicyclic amines) is 1. The van der Waals surface area contributed by atoms with E-state index >= 15 is 0 Å². The zero-order valence-corrected chi connectivity index (χ0v) is 21.0. The first-order valence-corrected chi connectivity index (χ1v) is 12.6. The molecule has 4 rings (SSSR count). The number of benzene rings is 1. The van der Waals surface area contributed by atoms with Crippen molar-refractivity contribution in [1.82, 2.24) is 4.90 Å². The molecule has 8 nitrogen and oxygen atoms in total. The van der Waals surface area contributed by atoms with Gasteiger partial charge >= 0.3 is 5.97 Å². The van der Waals surface area contributed by atoms with Crippen LogP contribution in [0.3, 0.4) is 0 Å². The van der Waals surface area contributed by atoms with E-state index in [1.54, 1.807) is 42.2 Å². The van der Waals surface area contributed by atoms with E-state index < -0.39 is 35.0 Å². The standard InChI is InChI=1S/C26H33ClN2O6/c1-4-14-28(18-11-7-6-10-17(18)27)23(32)21-26-13-12-25(3,35-26)20(24(33)34-5-2)19(26)22(31)29(21)15-8-9-16-30/h4,6-7,10-11,19-21,30H,1,5,8-9,12-16H2,2-3H3/t19-,20+,21?,25-,26?/m0/s1. The fourth-order valence-electron chi connectivity index (χ4n) is 6.18. The summed E-state index contributed by atoms with van der Waals surface area (Å²) in [5.41, 5.74) is -1.50. The van der Waals surface area contributed by atoms with Crippen molar-refractivity contribution in [2.45, 2.75) is 56.8 Å². The van der Waals surface area contributed by atoms with E-state index in [2.05, 4.69) is 6.58 Å². The van der Waals surface area contributed by atoms with Gasteiger partial charge in [-0.1, -0.05) is 29.8 Å². The molecule has 2 bridgehead atoms. The van der Waals surface area contributed by atoms with Gasteiger partial charge in [-0.2, -0.15) is 0 Å². The van der Waals surface area contributed by atoms with Crippen molar-refractivity contribution < 1.29 is 29.0 Å². The quantitative estimate of drug-likeness (QED) is 0.299. The van der Waals surface area contributed by atoms with Crippen LogP contribution in [0.25, 0.3) is 0 Å². The first kappa shape index (κ1) is 25.7. The SMILES string of the molecule is C=CCN(C(=O)C1N(CCCCO)C(=O)[C@@H]2[C@H](C(=O)OCC)[C@]3(C)CCC12O3)c1ccccc1Cl. The van der Waals surface area contributed by atoms with Gasteiger partial charge in [0.2, 0.25) is 5.91 Å². The van der Waals surface area contributed by atoms with Crippen molar-refractivity contribution >= 4 is 35.1 Å². The van der Waals surface area contributed by atoms with Crippen LogP contribution in [0, 0.1) is 11.8 Å². The summed E-state index contributed by atoms with van der Waals surface area (Å²) in [5.74, 6) is -2.66. The lowest BCUT2D eigenvalue weighted by Crippen LogP contribution is -2.56. The number of hydrogen-bond donors (Lipinski definition) is 1. The summed E-state index contributed by atoms with van der Waals surface area (Å²) in [6, 6.07) is 6.09. The molecule has 0 aromatic heterocycles. The summed E-state index contributed by atoms with van der Waals surface area (Å²) in [6.07, 6.45) is 3.64. The van der Waals surface area contributed by atoms with E-state index in [0.717, 1.165) is 0 Å². The molecule has 1 aromatic rings. The Labute approximate surface area is 210 Å². The maximum absolute atomic E-state index is 14.3. The predicted octanol–water partition coefficient (Wildman–Crippen LogP) is 2.96. The van der Waals surface area contributed by atoms with E-state index in [1.165, 1.54) is 4.90 Å². The summed E-state index contributed by atoms with van der Waals surface area (Å²) >= 11 is 6.45. The van der Waals surface area contributed by atoms with Gasteiger partial charge in [-0.25, -0.2) is 0 Å². The van der Waals surface area contributed by atoms with Crippen molar-refractivity contribution in [2.75, 3.05) is 31.2 Å². The molecule has 1 N–H and O–H groups in total. The Morgan fingerprint density at radius 3 is 2.74 bits per heavy atom. The number of halogens is 1. The molecule has 1 spiro atoms. The number of carbonyl (C=O) groups is 3. The molecule has 3 aliphatic rings. The number of hydrogen-bond acceptors (Lipinski definition) is 6. The number of anilines is 1. The van der Waals surface area contributed by atoms with Crippen molar-refractivity contribution in [3.05, 3.63) is 41.9 Å². The number of fused-ring (bicyclic) bond motifs is 1. The molecule has 0 radical (unpaired) electrons. The van der Waals surface area contributed by atoms with E-state index in [0.29, 0.717) is 36.4 Å². The zero-order valence-electron chi connectivity index (χ0n) is 20.2. The second-order valence-electron chi connectivity index (χ2n) is 9.63. The predicted molar refractivity (Wildman–Crippen MR) is 131 cm³/mol. The first-order valence-electron chi connectivity index (χ1n) is 12.2. The number of carbonyl (C=O) groups excluding carboxylic acids is 3. The number of rotatable bonds is 10. The molecule has 0 saturated carbocycles. The van der Waals surface area contributed by atoms with Crippen LogP contribution in [0.1, 0.15) is 39.5 Å². The van der Waals surface area contributed by atoms with Crippen LogP contribution in [0.2, 0.25) is 5.02 Å². The number of aliphatic hydroxyl groups excluding tert-OH is 1. The van der Waals surface area contributed by atoms with Crippen molar-refractivity contribution in [1.29, 1.82) is 0 Å². The fraction of sp³-hybridized carbons (Fsp3) is 0.577. The van der Waals surface area contributed by atoms with Crippen LogP contribution >= 0.6 is 11.6 Å². The Morgan fingerprint density at radius 1 is 1.34 bits per heavy atom. The Morgan fingerprint density at radius 2 is 2.09 bits per heavy atom. The number of unbranched alkanes of at least 4 members (excludes halogenated alkanes) is 1. The number of amides is 2.